The summed E-state index contributed by atoms with van der Waals surface area (Å²) in [4.78, 5) is 24.0. The van der Waals surface area contributed by atoms with Crippen LogP contribution < -0.4 is 5.32 Å². The highest BCUT2D eigenvalue weighted by Crippen LogP contribution is 2.07. The molecule has 4 nitrogen and oxygen atoms in total. The molecule has 0 aromatic heterocycles. The molecule has 0 saturated carbocycles. The van der Waals surface area contributed by atoms with Crippen molar-refractivity contribution in [1.29, 1.82) is 0 Å². The molecule has 2 aromatic rings. The number of carbonyl (C=O) groups is 2. The predicted octanol–water partition coefficient (Wildman–Crippen LogP) is 2.34. The molecule has 22 heavy (non-hydrogen) atoms. The van der Waals surface area contributed by atoms with Crippen LogP contribution in [0, 0.1) is 5.82 Å². The maximum Gasteiger partial charge on any atom is 0.328 e. The molecule has 0 fully saturated rings. The fraction of sp³-hybridized carbons (Fsp3) is 0.176. The number of hydrogen-bond acceptors (Lipinski definition) is 3. The first kappa shape index (κ1) is 15.7. The lowest BCUT2D eigenvalue weighted by atomic mass is 10.1. The molecule has 0 aliphatic heterocycles. The van der Waals surface area contributed by atoms with Gasteiger partial charge in [-0.1, -0.05) is 36.4 Å². The van der Waals surface area contributed by atoms with Crippen molar-refractivity contribution in [2.24, 2.45) is 0 Å². The van der Waals surface area contributed by atoms with E-state index in [2.05, 4.69) is 5.32 Å². The van der Waals surface area contributed by atoms with Crippen molar-refractivity contribution in [3.63, 3.8) is 0 Å². The average Bonchev–Trinajstić information content (AvgIpc) is 2.54. The second-order valence-corrected chi connectivity index (χ2v) is 4.75. The maximum absolute atomic E-state index is 13.2. The highest BCUT2D eigenvalue weighted by Gasteiger charge is 2.22. The highest BCUT2D eigenvalue weighted by atomic mass is 19.1. The van der Waals surface area contributed by atoms with E-state index in [4.69, 9.17) is 4.74 Å². The van der Waals surface area contributed by atoms with Crippen molar-refractivity contribution in [2.45, 2.75) is 12.5 Å². The molecule has 0 radical (unpaired) electrons. The van der Waals surface area contributed by atoms with Gasteiger partial charge in [-0.25, -0.2) is 9.18 Å². The summed E-state index contributed by atoms with van der Waals surface area (Å²) in [6.07, 6.45) is 0.300. The van der Waals surface area contributed by atoms with Crippen LogP contribution in [0.25, 0.3) is 0 Å². The minimum absolute atomic E-state index is 0.155. The molecule has 1 atom stereocenters. The van der Waals surface area contributed by atoms with E-state index in [1.165, 1.54) is 25.3 Å². The number of benzene rings is 2. The standard InChI is InChI=1S/C17H16FNO3/c1-22-17(21)15(10-12-6-3-2-4-7-12)19-16(20)13-8-5-9-14(18)11-13/h2-9,11,15H,10H2,1H3,(H,19,20). The molecule has 5 heteroatoms. The minimum Gasteiger partial charge on any atom is -0.467 e. The lowest BCUT2D eigenvalue weighted by Gasteiger charge is -2.16. The lowest BCUT2D eigenvalue weighted by Crippen LogP contribution is -2.43. The van der Waals surface area contributed by atoms with Gasteiger partial charge in [-0.05, 0) is 23.8 Å². The molecule has 0 aliphatic carbocycles. The molecule has 2 rings (SSSR count). The number of hydrogen-bond donors (Lipinski definition) is 1. The van der Waals surface area contributed by atoms with E-state index in [1.54, 1.807) is 0 Å². The third kappa shape index (κ3) is 4.15. The third-order valence-electron chi connectivity index (χ3n) is 3.16. The Bertz CT molecular complexity index is 658. The molecule has 0 heterocycles. The van der Waals surface area contributed by atoms with E-state index < -0.39 is 23.7 Å². The number of halogens is 1. The van der Waals surface area contributed by atoms with E-state index in [0.29, 0.717) is 6.42 Å². The van der Waals surface area contributed by atoms with Crippen molar-refractivity contribution in [2.75, 3.05) is 7.11 Å². The van der Waals surface area contributed by atoms with Gasteiger partial charge in [0.05, 0.1) is 7.11 Å². The lowest BCUT2D eigenvalue weighted by molar-refractivity contribution is -0.142. The molecule has 1 unspecified atom stereocenters. The van der Waals surface area contributed by atoms with Crippen LogP contribution in [-0.4, -0.2) is 25.0 Å². The van der Waals surface area contributed by atoms with Gasteiger partial charge in [0.15, 0.2) is 0 Å². The summed E-state index contributed by atoms with van der Waals surface area (Å²) >= 11 is 0. The van der Waals surface area contributed by atoms with Crippen molar-refractivity contribution in [3.05, 3.63) is 71.5 Å². The molecule has 1 N–H and O–H groups in total. The Balaban J connectivity index is 2.13. The summed E-state index contributed by atoms with van der Waals surface area (Å²) < 4.78 is 17.9. The van der Waals surface area contributed by atoms with Crippen LogP contribution in [0.3, 0.4) is 0 Å². The first-order chi connectivity index (χ1) is 10.6. The van der Waals surface area contributed by atoms with Gasteiger partial charge in [-0.15, -0.1) is 0 Å². The van der Waals surface area contributed by atoms with Crippen molar-refractivity contribution in [3.8, 4) is 0 Å². The van der Waals surface area contributed by atoms with Crippen LogP contribution in [0.4, 0.5) is 4.39 Å². The minimum atomic E-state index is -0.830. The van der Waals surface area contributed by atoms with Crippen LogP contribution in [-0.2, 0) is 16.0 Å². The number of amides is 1. The second-order valence-electron chi connectivity index (χ2n) is 4.75. The smallest absolute Gasteiger partial charge is 0.328 e. The van der Waals surface area contributed by atoms with E-state index in [0.717, 1.165) is 11.6 Å². The van der Waals surface area contributed by atoms with Gasteiger partial charge in [-0.2, -0.15) is 0 Å². The third-order valence-corrected chi connectivity index (χ3v) is 3.16. The number of methoxy groups -OCH3 is 1. The number of nitrogens with one attached hydrogen (secondary N) is 1. The first-order valence-corrected chi connectivity index (χ1v) is 6.78. The number of rotatable bonds is 5. The van der Waals surface area contributed by atoms with Crippen LogP contribution in [0.1, 0.15) is 15.9 Å². The fourth-order valence-electron chi connectivity index (χ4n) is 2.06. The summed E-state index contributed by atoms with van der Waals surface area (Å²) in [7, 11) is 1.26. The van der Waals surface area contributed by atoms with Crippen molar-refractivity contribution >= 4 is 11.9 Å². The maximum atomic E-state index is 13.2. The summed E-state index contributed by atoms with van der Waals surface area (Å²) in [6.45, 7) is 0. The Kier molecular flexibility index (Phi) is 5.25. The zero-order chi connectivity index (χ0) is 15.9. The quantitative estimate of drug-likeness (QED) is 0.862. The van der Waals surface area contributed by atoms with Gasteiger partial charge >= 0.3 is 5.97 Å². The van der Waals surface area contributed by atoms with Crippen LogP contribution in [0.2, 0.25) is 0 Å². The molecular weight excluding hydrogens is 285 g/mol. The molecule has 0 bridgehead atoms. The van der Waals surface area contributed by atoms with E-state index in [9.17, 15) is 14.0 Å². The van der Waals surface area contributed by atoms with Gasteiger partial charge in [0.1, 0.15) is 11.9 Å². The van der Waals surface area contributed by atoms with Gasteiger partial charge in [0, 0.05) is 12.0 Å². The number of ether oxygens (including phenoxy) is 1. The Labute approximate surface area is 127 Å². The number of carbonyl (C=O) groups excluding carboxylic acids is 2. The molecular formula is C17H16FNO3. The zero-order valence-electron chi connectivity index (χ0n) is 12.1. The first-order valence-electron chi connectivity index (χ1n) is 6.78. The molecule has 114 valence electrons. The number of esters is 1. The summed E-state index contributed by atoms with van der Waals surface area (Å²) in [6, 6.07) is 13.7. The zero-order valence-corrected chi connectivity index (χ0v) is 12.1. The highest BCUT2D eigenvalue weighted by molar-refractivity contribution is 5.96. The average molecular weight is 301 g/mol. The molecule has 0 aliphatic rings. The van der Waals surface area contributed by atoms with Gasteiger partial charge < -0.3 is 10.1 Å². The normalized spacial score (nSPS) is 11.5. The fourth-order valence-corrected chi connectivity index (χ4v) is 2.06. The van der Waals surface area contributed by atoms with Gasteiger partial charge in [0.2, 0.25) is 0 Å². The van der Waals surface area contributed by atoms with Crippen molar-refractivity contribution < 1.29 is 18.7 Å². The van der Waals surface area contributed by atoms with Crippen LogP contribution in [0.5, 0.6) is 0 Å². The van der Waals surface area contributed by atoms with Crippen molar-refractivity contribution in [1.82, 2.24) is 5.32 Å². The SMILES string of the molecule is COC(=O)C(Cc1ccccc1)NC(=O)c1cccc(F)c1. The summed E-state index contributed by atoms with van der Waals surface area (Å²) in [5.74, 6) is -1.58. The van der Waals surface area contributed by atoms with Gasteiger partial charge in [-0.3, -0.25) is 4.79 Å². The Morgan fingerprint density at radius 2 is 1.86 bits per heavy atom. The van der Waals surface area contributed by atoms with E-state index in [-0.39, 0.29) is 5.56 Å². The Hall–Kier alpha value is -2.69. The molecule has 1 amide bonds. The second kappa shape index (κ2) is 7.36. The van der Waals surface area contributed by atoms with Crippen LogP contribution in [0.15, 0.2) is 54.6 Å². The summed E-state index contributed by atoms with van der Waals surface area (Å²) in [5.41, 5.74) is 1.04. The monoisotopic (exact) mass is 301 g/mol. The van der Waals surface area contributed by atoms with Gasteiger partial charge in [0.25, 0.3) is 5.91 Å². The largest absolute Gasteiger partial charge is 0.467 e. The van der Waals surface area contributed by atoms with E-state index in [1.807, 2.05) is 30.3 Å². The Morgan fingerprint density at radius 3 is 2.50 bits per heavy atom. The summed E-state index contributed by atoms with van der Waals surface area (Å²) in [5, 5.41) is 2.58. The van der Waals surface area contributed by atoms with E-state index >= 15 is 0 Å². The van der Waals surface area contributed by atoms with Crippen LogP contribution >= 0.6 is 0 Å². The molecule has 0 spiro atoms. The molecule has 2 aromatic carbocycles. The predicted molar refractivity (Wildman–Crippen MR) is 79.8 cm³/mol. The molecule has 0 saturated heterocycles. The topological polar surface area (TPSA) is 55.4 Å². The Morgan fingerprint density at radius 1 is 1.14 bits per heavy atom.